The molecule has 1 aliphatic heterocycles. The number of hydrogen-bond acceptors (Lipinski definition) is 3. The van der Waals surface area contributed by atoms with Crippen molar-refractivity contribution in [2.24, 2.45) is 5.92 Å². The molecule has 0 bridgehead atoms. The molecule has 2 rings (SSSR count). The van der Waals surface area contributed by atoms with Gasteiger partial charge in [0.15, 0.2) is 0 Å². The molecule has 0 aromatic heterocycles. The molecule has 0 fully saturated rings. The Balaban J connectivity index is 2.27. The van der Waals surface area contributed by atoms with Gasteiger partial charge in [-0.05, 0) is 19.1 Å². The lowest BCUT2D eigenvalue weighted by Crippen LogP contribution is -2.35. The van der Waals surface area contributed by atoms with Crippen LogP contribution in [0.5, 0.6) is 0 Å². The molecule has 0 radical (unpaired) electrons. The summed E-state index contributed by atoms with van der Waals surface area (Å²) in [5.74, 6) is -0.962. The maximum atomic E-state index is 12.0. The topological polar surface area (TPSA) is 54.5 Å². The molecule has 1 aliphatic rings. The molecular weight excluding hydrogens is 218 g/mol. The lowest BCUT2D eigenvalue weighted by Gasteiger charge is -2.17. The molecular formula is C13H13NO3. The van der Waals surface area contributed by atoms with E-state index in [1.54, 1.807) is 31.2 Å². The number of Topliss-reactive ketones (excluding diaryl/α,β-unsaturated/α-hetero) is 1. The standard InChI is InChI=1S/C13H13NO3/c1-8(9(2)15)7-14-12(16)10-5-3-4-6-11(10)13(14)17/h3-6,8H,7H2,1-2H3. The van der Waals surface area contributed by atoms with Gasteiger partial charge in [0.05, 0.1) is 11.1 Å². The summed E-state index contributed by atoms with van der Waals surface area (Å²) in [4.78, 5) is 36.2. The van der Waals surface area contributed by atoms with Crippen molar-refractivity contribution in [2.75, 3.05) is 6.54 Å². The predicted octanol–water partition coefficient (Wildman–Crippen LogP) is 1.51. The van der Waals surface area contributed by atoms with E-state index in [0.717, 1.165) is 4.90 Å². The molecule has 0 N–H and O–H groups in total. The van der Waals surface area contributed by atoms with Gasteiger partial charge in [-0.15, -0.1) is 0 Å². The Hall–Kier alpha value is -1.97. The minimum absolute atomic E-state index is 0.0263. The Morgan fingerprint density at radius 3 is 2.06 bits per heavy atom. The monoisotopic (exact) mass is 231 g/mol. The van der Waals surface area contributed by atoms with Crippen LogP contribution in [0.1, 0.15) is 34.6 Å². The number of ketones is 1. The molecule has 4 heteroatoms. The number of carbonyl (C=O) groups excluding carboxylic acids is 3. The van der Waals surface area contributed by atoms with E-state index in [4.69, 9.17) is 0 Å². The molecule has 0 aliphatic carbocycles. The minimum atomic E-state index is -0.322. The summed E-state index contributed by atoms with van der Waals surface area (Å²) in [6.07, 6.45) is 0. The molecule has 1 heterocycles. The normalized spacial score (nSPS) is 16.0. The maximum absolute atomic E-state index is 12.0. The first-order valence-corrected chi connectivity index (χ1v) is 5.48. The molecule has 2 amide bonds. The minimum Gasteiger partial charge on any atom is -0.300 e. The highest BCUT2D eigenvalue weighted by Crippen LogP contribution is 2.23. The van der Waals surface area contributed by atoms with E-state index in [0.29, 0.717) is 11.1 Å². The van der Waals surface area contributed by atoms with E-state index in [-0.39, 0.29) is 30.1 Å². The van der Waals surface area contributed by atoms with Crippen molar-refractivity contribution in [3.8, 4) is 0 Å². The highest BCUT2D eigenvalue weighted by Gasteiger charge is 2.36. The Bertz CT molecular complexity index is 472. The van der Waals surface area contributed by atoms with Crippen molar-refractivity contribution in [1.29, 1.82) is 0 Å². The van der Waals surface area contributed by atoms with Crippen molar-refractivity contribution in [3.05, 3.63) is 35.4 Å². The number of imide groups is 1. The summed E-state index contributed by atoms with van der Waals surface area (Å²) in [5, 5.41) is 0. The molecule has 0 saturated carbocycles. The van der Waals surface area contributed by atoms with E-state index < -0.39 is 0 Å². The van der Waals surface area contributed by atoms with E-state index in [1.165, 1.54) is 6.92 Å². The van der Waals surface area contributed by atoms with E-state index >= 15 is 0 Å². The van der Waals surface area contributed by atoms with Gasteiger partial charge < -0.3 is 0 Å². The number of benzene rings is 1. The summed E-state index contributed by atoms with van der Waals surface area (Å²) in [6, 6.07) is 6.71. The number of fused-ring (bicyclic) bond motifs is 1. The largest absolute Gasteiger partial charge is 0.300 e. The zero-order valence-electron chi connectivity index (χ0n) is 9.77. The van der Waals surface area contributed by atoms with Crippen LogP contribution in [0.25, 0.3) is 0 Å². The molecule has 1 aromatic rings. The summed E-state index contributed by atoms with van der Waals surface area (Å²) >= 11 is 0. The molecule has 1 unspecified atom stereocenters. The Kier molecular flexibility index (Phi) is 2.79. The van der Waals surface area contributed by atoms with Gasteiger partial charge in [-0.25, -0.2) is 0 Å². The number of nitrogens with zero attached hydrogens (tertiary/aromatic N) is 1. The van der Waals surface area contributed by atoms with E-state index in [9.17, 15) is 14.4 Å². The lowest BCUT2D eigenvalue weighted by molar-refractivity contribution is -0.120. The van der Waals surface area contributed by atoms with Crippen LogP contribution < -0.4 is 0 Å². The highest BCUT2D eigenvalue weighted by atomic mass is 16.2. The second-order valence-electron chi connectivity index (χ2n) is 4.28. The quantitative estimate of drug-likeness (QED) is 0.741. The van der Waals surface area contributed by atoms with Crippen molar-refractivity contribution in [3.63, 3.8) is 0 Å². The van der Waals surface area contributed by atoms with Crippen LogP contribution in [0.3, 0.4) is 0 Å². The zero-order chi connectivity index (χ0) is 12.6. The van der Waals surface area contributed by atoms with Crippen LogP contribution in [-0.2, 0) is 4.79 Å². The average molecular weight is 231 g/mol. The van der Waals surface area contributed by atoms with Crippen LogP contribution in [0.2, 0.25) is 0 Å². The highest BCUT2D eigenvalue weighted by molar-refractivity contribution is 6.21. The Morgan fingerprint density at radius 2 is 1.65 bits per heavy atom. The van der Waals surface area contributed by atoms with Crippen molar-refractivity contribution >= 4 is 17.6 Å². The maximum Gasteiger partial charge on any atom is 0.261 e. The second kappa shape index (κ2) is 4.13. The van der Waals surface area contributed by atoms with Gasteiger partial charge in [0.2, 0.25) is 0 Å². The fourth-order valence-electron chi connectivity index (χ4n) is 1.81. The van der Waals surface area contributed by atoms with Gasteiger partial charge in [-0.1, -0.05) is 19.1 Å². The number of rotatable bonds is 3. The fourth-order valence-corrected chi connectivity index (χ4v) is 1.81. The molecule has 1 atom stereocenters. The van der Waals surface area contributed by atoms with Crippen LogP contribution in [0.15, 0.2) is 24.3 Å². The number of amides is 2. The first kappa shape index (κ1) is 11.5. The third-order valence-electron chi connectivity index (χ3n) is 3.03. The molecule has 1 aromatic carbocycles. The molecule has 0 saturated heterocycles. The average Bonchev–Trinajstić information content (AvgIpc) is 2.55. The van der Waals surface area contributed by atoms with Gasteiger partial charge in [-0.2, -0.15) is 0 Å². The van der Waals surface area contributed by atoms with Gasteiger partial charge in [0.25, 0.3) is 11.8 Å². The Morgan fingerprint density at radius 1 is 1.18 bits per heavy atom. The number of hydrogen-bond donors (Lipinski definition) is 0. The smallest absolute Gasteiger partial charge is 0.261 e. The summed E-state index contributed by atoms with van der Waals surface area (Å²) in [5.41, 5.74) is 0.849. The summed E-state index contributed by atoms with van der Waals surface area (Å²) in [6.45, 7) is 3.33. The van der Waals surface area contributed by atoms with Crippen LogP contribution in [-0.4, -0.2) is 29.0 Å². The van der Waals surface area contributed by atoms with Gasteiger partial charge in [-0.3, -0.25) is 19.3 Å². The van der Waals surface area contributed by atoms with E-state index in [2.05, 4.69) is 0 Å². The third kappa shape index (κ3) is 1.86. The predicted molar refractivity (Wildman–Crippen MR) is 61.7 cm³/mol. The van der Waals surface area contributed by atoms with Crippen LogP contribution >= 0.6 is 0 Å². The second-order valence-corrected chi connectivity index (χ2v) is 4.28. The molecule has 88 valence electrons. The SMILES string of the molecule is CC(=O)C(C)CN1C(=O)c2ccccc2C1=O. The van der Waals surface area contributed by atoms with Crippen molar-refractivity contribution in [2.45, 2.75) is 13.8 Å². The molecule has 17 heavy (non-hydrogen) atoms. The van der Waals surface area contributed by atoms with Gasteiger partial charge in [0, 0.05) is 12.5 Å². The first-order chi connectivity index (χ1) is 8.02. The number of carbonyl (C=O) groups is 3. The molecule has 4 nitrogen and oxygen atoms in total. The summed E-state index contributed by atoms with van der Waals surface area (Å²) < 4.78 is 0. The first-order valence-electron chi connectivity index (χ1n) is 5.48. The zero-order valence-corrected chi connectivity index (χ0v) is 9.77. The van der Waals surface area contributed by atoms with Gasteiger partial charge >= 0.3 is 0 Å². The molecule has 0 spiro atoms. The third-order valence-corrected chi connectivity index (χ3v) is 3.03. The fraction of sp³-hybridized carbons (Fsp3) is 0.308. The summed E-state index contributed by atoms with van der Waals surface area (Å²) in [7, 11) is 0. The lowest BCUT2D eigenvalue weighted by atomic mass is 10.1. The van der Waals surface area contributed by atoms with Crippen LogP contribution in [0, 0.1) is 5.92 Å². The van der Waals surface area contributed by atoms with Gasteiger partial charge in [0.1, 0.15) is 5.78 Å². The van der Waals surface area contributed by atoms with Crippen LogP contribution in [0.4, 0.5) is 0 Å². The Labute approximate surface area is 99.2 Å². The van der Waals surface area contributed by atoms with Crippen molar-refractivity contribution in [1.82, 2.24) is 4.90 Å². The van der Waals surface area contributed by atoms with E-state index in [1.807, 2.05) is 0 Å². The van der Waals surface area contributed by atoms with Crippen molar-refractivity contribution < 1.29 is 14.4 Å².